The third-order valence-electron chi connectivity index (χ3n) is 1.82. The van der Waals surface area contributed by atoms with E-state index in [-0.39, 0.29) is 11.1 Å². The topological polar surface area (TPSA) is 37.3 Å². The molecule has 0 aliphatic heterocycles. The SMILES string of the molecule is C=C(C(=O)O)c1ccc(C(F)(F)F)cc1. The zero-order chi connectivity index (χ0) is 11.6. The number of carboxylic acid groups (broad SMARTS) is 1. The second-order valence-electron chi connectivity index (χ2n) is 2.86. The molecule has 0 aliphatic rings. The third-order valence-corrected chi connectivity index (χ3v) is 1.82. The lowest BCUT2D eigenvalue weighted by molar-refractivity contribution is -0.137. The molecule has 1 rings (SSSR count). The predicted molar refractivity (Wildman–Crippen MR) is 48.1 cm³/mol. The summed E-state index contributed by atoms with van der Waals surface area (Å²) < 4.78 is 36.4. The van der Waals surface area contributed by atoms with Gasteiger partial charge in [-0.3, -0.25) is 0 Å². The molecule has 0 saturated heterocycles. The molecule has 5 heteroatoms. The maximum Gasteiger partial charge on any atom is 0.416 e. The summed E-state index contributed by atoms with van der Waals surface area (Å²) in [6.45, 7) is 3.24. The van der Waals surface area contributed by atoms with Crippen molar-refractivity contribution < 1.29 is 23.1 Å². The first-order chi connectivity index (χ1) is 6.82. The Hall–Kier alpha value is -1.78. The van der Waals surface area contributed by atoms with Crippen molar-refractivity contribution in [2.24, 2.45) is 0 Å². The summed E-state index contributed by atoms with van der Waals surface area (Å²) in [4.78, 5) is 10.5. The van der Waals surface area contributed by atoms with Gasteiger partial charge in [-0.05, 0) is 17.7 Å². The lowest BCUT2D eigenvalue weighted by atomic mass is 10.1. The first-order valence-electron chi connectivity index (χ1n) is 3.92. The van der Waals surface area contributed by atoms with Gasteiger partial charge in [0.2, 0.25) is 0 Å². The van der Waals surface area contributed by atoms with E-state index >= 15 is 0 Å². The molecular weight excluding hydrogens is 209 g/mol. The van der Waals surface area contributed by atoms with Gasteiger partial charge < -0.3 is 5.11 Å². The maximum absolute atomic E-state index is 12.1. The van der Waals surface area contributed by atoms with E-state index in [0.29, 0.717) is 0 Å². The minimum atomic E-state index is -4.41. The molecular formula is C10H7F3O2. The summed E-state index contributed by atoms with van der Waals surface area (Å²) in [5.74, 6) is -1.25. The lowest BCUT2D eigenvalue weighted by Gasteiger charge is -2.07. The molecule has 0 spiro atoms. The third kappa shape index (κ3) is 2.59. The van der Waals surface area contributed by atoms with Crippen LogP contribution >= 0.6 is 0 Å². The second kappa shape index (κ2) is 3.76. The zero-order valence-corrected chi connectivity index (χ0v) is 7.51. The van der Waals surface area contributed by atoms with Crippen LogP contribution in [0.15, 0.2) is 30.8 Å². The molecule has 80 valence electrons. The number of carbonyl (C=O) groups is 1. The minimum absolute atomic E-state index is 0.163. The van der Waals surface area contributed by atoms with E-state index < -0.39 is 17.7 Å². The lowest BCUT2D eigenvalue weighted by Crippen LogP contribution is -2.05. The first kappa shape index (κ1) is 11.3. The summed E-state index contributed by atoms with van der Waals surface area (Å²) >= 11 is 0. The number of carboxylic acids is 1. The molecule has 2 nitrogen and oxygen atoms in total. The van der Waals surface area contributed by atoms with E-state index in [4.69, 9.17) is 5.11 Å². The van der Waals surface area contributed by atoms with Crippen LogP contribution in [0.5, 0.6) is 0 Å². The molecule has 1 aromatic carbocycles. The number of halogens is 3. The van der Waals surface area contributed by atoms with Crippen LogP contribution in [0.2, 0.25) is 0 Å². The van der Waals surface area contributed by atoms with Crippen LogP contribution in [0.25, 0.3) is 5.57 Å². The largest absolute Gasteiger partial charge is 0.478 e. The van der Waals surface area contributed by atoms with Crippen molar-refractivity contribution in [3.8, 4) is 0 Å². The van der Waals surface area contributed by atoms with Crippen LogP contribution < -0.4 is 0 Å². The Balaban J connectivity index is 3.01. The highest BCUT2D eigenvalue weighted by molar-refractivity contribution is 6.14. The van der Waals surface area contributed by atoms with Crippen LogP contribution in [-0.2, 0) is 11.0 Å². The van der Waals surface area contributed by atoms with Gasteiger partial charge in [0.1, 0.15) is 0 Å². The molecule has 1 aromatic rings. The number of benzene rings is 1. The van der Waals surface area contributed by atoms with Gasteiger partial charge in [-0.2, -0.15) is 13.2 Å². The number of hydrogen-bond donors (Lipinski definition) is 1. The van der Waals surface area contributed by atoms with Crippen LogP contribution in [0.4, 0.5) is 13.2 Å². The maximum atomic E-state index is 12.1. The normalized spacial score (nSPS) is 11.1. The molecule has 0 amide bonds. The number of alkyl halides is 3. The van der Waals surface area contributed by atoms with Crippen LogP contribution in [0.1, 0.15) is 11.1 Å². The molecule has 0 radical (unpaired) electrons. The Bertz CT molecular complexity index is 390. The van der Waals surface area contributed by atoms with E-state index in [1.54, 1.807) is 0 Å². The van der Waals surface area contributed by atoms with Gasteiger partial charge in [-0.15, -0.1) is 0 Å². The highest BCUT2D eigenvalue weighted by Crippen LogP contribution is 2.29. The molecule has 15 heavy (non-hydrogen) atoms. The summed E-state index contributed by atoms with van der Waals surface area (Å²) in [5, 5.41) is 8.54. The van der Waals surface area contributed by atoms with Gasteiger partial charge in [0.25, 0.3) is 0 Å². The predicted octanol–water partition coefficient (Wildman–Crippen LogP) is 2.80. The fourth-order valence-electron chi connectivity index (χ4n) is 0.984. The number of aliphatic carboxylic acids is 1. The van der Waals surface area contributed by atoms with Crippen molar-refractivity contribution in [2.75, 3.05) is 0 Å². The van der Waals surface area contributed by atoms with Crippen molar-refractivity contribution in [1.29, 1.82) is 0 Å². The van der Waals surface area contributed by atoms with Gasteiger partial charge in [0.15, 0.2) is 0 Å². The van der Waals surface area contributed by atoms with Gasteiger partial charge >= 0.3 is 12.1 Å². The Kier molecular flexibility index (Phi) is 2.83. The number of rotatable bonds is 2. The fourth-order valence-corrected chi connectivity index (χ4v) is 0.984. The van der Waals surface area contributed by atoms with Crippen molar-refractivity contribution >= 4 is 11.5 Å². The van der Waals surface area contributed by atoms with E-state index in [2.05, 4.69) is 6.58 Å². The van der Waals surface area contributed by atoms with Gasteiger partial charge in [0, 0.05) is 0 Å². The molecule has 0 fully saturated rings. The summed E-state index contributed by atoms with van der Waals surface area (Å²) in [6.07, 6.45) is -4.41. The average molecular weight is 216 g/mol. The van der Waals surface area contributed by atoms with Crippen LogP contribution in [0.3, 0.4) is 0 Å². The molecule has 0 unspecified atom stereocenters. The van der Waals surface area contributed by atoms with Crippen molar-refractivity contribution in [1.82, 2.24) is 0 Å². The van der Waals surface area contributed by atoms with Crippen molar-refractivity contribution in [2.45, 2.75) is 6.18 Å². The van der Waals surface area contributed by atoms with Gasteiger partial charge in [0.05, 0.1) is 11.1 Å². The molecule has 0 saturated carbocycles. The highest BCUT2D eigenvalue weighted by atomic mass is 19.4. The minimum Gasteiger partial charge on any atom is -0.478 e. The Morgan fingerprint density at radius 2 is 1.67 bits per heavy atom. The Labute approximate surface area is 83.7 Å². The summed E-state index contributed by atoms with van der Waals surface area (Å²) in [5.41, 5.74) is -0.885. The Morgan fingerprint density at radius 1 is 1.20 bits per heavy atom. The molecule has 0 heterocycles. The van der Waals surface area contributed by atoms with E-state index in [0.717, 1.165) is 24.3 Å². The molecule has 0 bridgehead atoms. The van der Waals surface area contributed by atoms with Gasteiger partial charge in [-0.1, -0.05) is 18.7 Å². The smallest absolute Gasteiger partial charge is 0.416 e. The molecule has 0 aromatic heterocycles. The quantitative estimate of drug-likeness (QED) is 0.772. The first-order valence-corrected chi connectivity index (χ1v) is 3.92. The van der Waals surface area contributed by atoms with Crippen molar-refractivity contribution in [3.63, 3.8) is 0 Å². The standard InChI is InChI=1S/C10H7F3O2/c1-6(9(14)15)7-2-4-8(5-3-7)10(11,12)13/h2-5H,1H2,(H,14,15). The fraction of sp³-hybridized carbons (Fsp3) is 0.100. The second-order valence-corrected chi connectivity index (χ2v) is 2.86. The average Bonchev–Trinajstić information content (AvgIpc) is 2.15. The van der Waals surface area contributed by atoms with Crippen molar-refractivity contribution in [3.05, 3.63) is 42.0 Å². The van der Waals surface area contributed by atoms with Crippen LogP contribution in [0, 0.1) is 0 Å². The summed E-state index contributed by atoms with van der Waals surface area (Å²) in [7, 11) is 0. The monoisotopic (exact) mass is 216 g/mol. The van der Waals surface area contributed by atoms with E-state index in [9.17, 15) is 18.0 Å². The van der Waals surface area contributed by atoms with E-state index in [1.165, 1.54) is 0 Å². The summed E-state index contributed by atoms with van der Waals surface area (Å²) in [6, 6.07) is 3.81. The van der Waals surface area contributed by atoms with E-state index in [1.807, 2.05) is 0 Å². The van der Waals surface area contributed by atoms with Crippen LogP contribution in [-0.4, -0.2) is 11.1 Å². The molecule has 0 atom stereocenters. The Morgan fingerprint density at radius 3 is 2.00 bits per heavy atom. The number of hydrogen-bond acceptors (Lipinski definition) is 1. The molecule has 1 N–H and O–H groups in total. The molecule has 0 aliphatic carbocycles. The van der Waals surface area contributed by atoms with Gasteiger partial charge in [-0.25, -0.2) is 4.79 Å². The zero-order valence-electron chi connectivity index (χ0n) is 7.51. The highest BCUT2D eigenvalue weighted by Gasteiger charge is 2.30.